The van der Waals surface area contributed by atoms with Crippen LogP contribution in [-0.2, 0) is 18.9 Å². The average molecular weight is 657 g/mol. The molecule has 2 aliphatic rings. The van der Waals surface area contributed by atoms with E-state index in [9.17, 15) is 10.2 Å². The van der Waals surface area contributed by atoms with Gasteiger partial charge in [0, 0.05) is 17.7 Å². The first-order chi connectivity index (χ1) is 23.0. The summed E-state index contributed by atoms with van der Waals surface area (Å²) in [6.45, 7) is 6.57. The van der Waals surface area contributed by atoms with Gasteiger partial charge in [0.15, 0.2) is 12.6 Å². The predicted molar refractivity (Wildman–Crippen MR) is 188 cm³/mol. The smallest absolute Gasteiger partial charge is 0.184 e. The Morgan fingerprint density at radius 1 is 0.596 bits per heavy atom. The van der Waals surface area contributed by atoms with Crippen LogP contribution in [0.15, 0.2) is 48.5 Å². The van der Waals surface area contributed by atoms with Crippen molar-refractivity contribution >= 4 is 0 Å². The number of hydrogen-bond acceptors (Lipinski definition) is 7. The number of benzene rings is 2. The summed E-state index contributed by atoms with van der Waals surface area (Å²) in [6, 6.07) is 15.7. The third-order valence-electron chi connectivity index (χ3n) is 9.24. The van der Waals surface area contributed by atoms with Gasteiger partial charge < -0.3 is 34.3 Å². The van der Waals surface area contributed by atoms with Crippen molar-refractivity contribution in [2.75, 3.05) is 19.8 Å². The van der Waals surface area contributed by atoms with E-state index in [1.165, 1.54) is 96.3 Å². The zero-order valence-electron chi connectivity index (χ0n) is 29.5. The molecule has 0 radical (unpaired) electrons. The van der Waals surface area contributed by atoms with Crippen molar-refractivity contribution in [3.63, 3.8) is 0 Å². The van der Waals surface area contributed by atoms with Gasteiger partial charge in [-0.15, -0.1) is 0 Å². The Morgan fingerprint density at radius 2 is 1.04 bits per heavy atom. The highest BCUT2D eigenvalue weighted by molar-refractivity contribution is 5.24. The van der Waals surface area contributed by atoms with Gasteiger partial charge in [-0.25, -0.2) is 0 Å². The van der Waals surface area contributed by atoms with Crippen LogP contribution in [0.4, 0.5) is 0 Å². The molecule has 7 nitrogen and oxygen atoms in total. The van der Waals surface area contributed by atoms with E-state index in [1.54, 1.807) is 0 Å². The number of aliphatic hydroxyl groups is 3. The number of rotatable bonds is 20. The second-order valence-electron chi connectivity index (χ2n) is 13.5. The number of fused-ring (bicyclic) bond motifs is 1. The van der Waals surface area contributed by atoms with Crippen molar-refractivity contribution < 1.29 is 34.3 Å². The fourth-order valence-corrected chi connectivity index (χ4v) is 6.22. The zero-order valence-corrected chi connectivity index (χ0v) is 29.5. The van der Waals surface area contributed by atoms with Crippen molar-refractivity contribution in [3.8, 4) is 0 Å². The summed E-state index contributed by atoms with van der Waals surface area (Å²) in [7, 11) is 0. The van der Waals surface area contributed by atoms with Gasteiger partial charge in [0.05, 0.1) is 13.2 Å². The molecule has 2 aromatic carbocycles. The summed E-state index contributed by atoms with van der Waals surface area (Å²) in [5, 5.41) is 28.6. The zero-order chi connectivity index (χ0) is 33.7. The van der Waals surface area contributed by atoms with Gasteiger partial charge in [0.25, 0.3) is 0 Å². The van der Waals surface area contributed by atoms with Crippen LogP contribution in [0.1, 0.15) is 144 Å². The largest absolute Gasteiger partial charge is 0.396 e. The lowest BCUT2D eigenvalue weighted by atomic mass is 9.99. The molecule has 7 heteroatoms. The molecule has 266 valence electrons. The van der Waals surface area contributed by atoms with Crippen LogP contribution in [0.3, 0.4) is 0 Å². The fraction of sp³-hybridized carbons (Fsp3) is 0.700. The average Bonchev–Trinajstić information content (AvgIpc) is 3.10. The quantitative estimate of drug-likeness (QED) is 0.123. The first-order valence-corrected chi connectivity index (χ1v) is 18.6. The molecule has 0 bridgehead atoms. The Labute approximate surface area is 285 Å². The molecular weight excluding hydrogens is 592 g/mol. The normalized spacial score (nSPS) is 23.1. The van der Waals surface area contributed by atoms with E-state index < -0.39 is 43.6 Å². The van der Waals surface area contributed by atoms with E-state index in [4.69, 9.17) is 24.1 Å². The third kappa shape index (κ3) is 14.7. The van der Waals surface area contributed by atoms with Gasteiger partial charge in [-0.05, 0) is 20.3 Å². The van der Waals surface area contributed by atoms with Crippen molar-refractivity contribution in [2.45, 2.75) is 161 Å². The van der Waals surface area contributed by atoms with Crippen molar-refractivity contribution in [1.29, 1.82) is 0 Å². The summed E-state index contributed by atoms with van der Waals surface area (Å²) in [4.78, 5) is 0. The van der Waals surface area contributed by atoms with Gasteiger partial charge >= 0.3 is 0 Å². The van der Waals surface area contributed by atoms with E-state index >= 15 is 0 Å². The molecule has 0 aliphatic carbocycles. The minimum absolute atomic E-state index is 0.309. The van der Waals surface area contributed by atoms with Gasteiger partial charge in [-0.3, -0.25) is 0 Å². The van der Waals surface area contributed by atoms with Gasteiger partial charge in [0.1, 0.15) is 24.4 Å². The maximum Gasteiger partial charge on any atom is 0.184 e. The summed E-state index contributed by atoms with van der Waals surface area (Å²) in [5.74, 6) is 0. The van der Waals surface area contributed by atoms with Crippen LogP contribution in [0.2, 0.25) is 0 Å². The highest BCUT2D eigenvalue weighted by Gasteiger charge is 2.48. The van der Waals surface area contributed by atoms with Crippen LogP contribution in [-0.4, -0.2) is 59.6 Å². The molecule has 3 N–H and O–H groups in total. The Balaban J connectivity index is 0.000000279. The first-order valence-electron chi connectivity index (χ1n) is 18.6. The summed E-state index contributed by atoms with van der Waals surface area (Å²) >= 11 is 0. The Morgan fingerprint density at radius 3 is 1.49 bits per heavy atom. The SMILES string of the molecule is CCCCCCCCCCCCCCCCCCO.Cc1ccc(C2OC[C@@H]3OC(c4ccc(C)cc4)O[C@H]([C@H](O)CO)[C@@H]3O2)cc1. The first kappa shape index (κ1) is 39.6. The lowest BCUT2D eigenvalue weighted by molar-refractivity contribution is -0.373. The molecule has 2 aromatic rings. The number of ether oxygens (including phenoxy) is 4. The van der Waals surface area contributed by atoms with Crippen LogP contribution < -0.4 is 0 Å². The Kier molecular flexibility index (Phi) is 19.8. The highest BCUT2D eigenvalue weighted by Crippen LogP contribution is 2.39. The molecule has 0 saturated carbocycles. The molecule has 4 rings (SSSR count). The summed E-state index contributed by atoms with van der Waals surface area (Å²) in [6.07, 6.45) is 18.2. The van der Waals surface area contributed by atoms with Gasteiger partial charge in [-0.2, -0.15) is 0 Å². The van der Waals surface area contributed by atoms with Gasteiger partial charge in [0.2, 0.25) is 0 Å². The molecule has 0 amide bonds. The van der Waals surface area contributed by atoms with Crippen molar-refractivity contribution in [3.05, 3.63) is 70.8 Å². The van der Waals surface area contributed by atoms with Crippen molar-refractivity contribution in [2.24, 2.45) is 0 Å². The lowest BCUT2D eigenvalue weighted by Gasteiger charge is -2.47. The van der Waals surface area contributed by atoms with E-state index in [0.717, 1.165) is 28.7 Å². The number of hydrogen-bond donors (Lipinski definition) is 3. The molecule has 2 aliphatic heterocycles. The van der Waals surface area contributed by atoms with E-state index in [0.29, 0.717) is 13.2 Å². The van der Waals surface area contributed by atoms with Crippen LogP contribution in [0.25, 0.3) is 0 Å². The van der Waals surface area contributed by atoms with Crippen molar-refractivity contribution in [1.82, 2.24) is 0 Å². The summed E-state index contributed by atoms with van der Waals surface area (Å²) < 4.78 is 24.1. The minimum Gasteiger partial charge on any atom is -0.396 e. The van der Waals surface area contributed by atoms with E-state index in [2.05, 4.69) is 6.92 Å². The molecule has 0 aromatic heterocycles. The lowest BCUT2D eigenvalue weighted by Crippen LogP contribution is -2.58. The number of unbranched alkanes of at least 4 members (excludes halogenated alkanes) is 15. The van der Waals surface area contributed by atoms with E-state index in [-0.39, 0.29) is 0 Å². The minimum atomic E-state index is -1.08. The molecule has 6 atom stereocenters. The Hall–Kier alpha value is -1.84. The van der Waals surface area contributed by atoms with Crippen LogP contribution in [0.5, 0.6) is 0 Å². The molecule has 2 fully saturated rings. The molecule has 2 unspecified atom stereocenters. The predicted octanol–water partition coefficient (Wildman–Crippen LogP) is 8.79. The topological polar surface area (TPSA) is 97.6 Å². The molecule has 2 heterocycles. The number of aliphatic hydroxyl groups excluding tert-OH is 3. The van der Waals surface area contributed by atoms with Gasteiger partial charge in [-0.1, -0.05) is 163 Å². The monoisotopic (exact) mass is 656 g/mol. The second-order valence-corrected chi connectivity index (χ2v) is 13.5. The second kappa shape index (κ2) is 23.5. The van der Waals surface area contributed by atoms with Crippen LogP contribution in [0, 0.1) is 13.8 Å². The maximum absolute atomic E-state index is 10.4. The highest BCUT2D eigenvalue weighted by atomic mass is 16.8. The molecule has 2 saturated heterocycles. The standard InChI is InChI=1S/C22H26O6.C18H38O/c1-13-3-7-15(8-4-13)21-25-12-18-20(28-21)19(17(24)11-23)27-22(26-18)16-9-5-14(2)6-10-16;1-2-3-4-5-6-7-8-9-10-11-12-13-14-15-16-17-18-19/h3-10,17-24H,11-12H2,1-2H3;19H,2-18H2,1H3/t17-,18+,19-,20-,21?,22?;/m1./s1. The fourth-order valence-electron chi connectivity index (χ4n) is 6.22. The summed E-state index contributed by atoms with van der Waals surface area (Å²) in [5.41, 5.74) is 4.02. The molecule has 47 heavy (non-hydrogen) atoms. The molecule has 0 spiro atoms. The molecular formula is C40H64O7. The Bertz CT molecular complexity index is 1030. The van der Waals surface area contributed by atoms with Crippen LogP contribution >= 0.6 is 0 Å². The third-order valence-corrected chi connectivity index (χ3v) is 9.24. The maximum atomic E-state index is 10.4. The van der Waals surface area contributed by atoms with E-state index in [1.807, 2.05) is 62.4 Å². The number of aryl methyl sites for hydroxylation is 2.